The smallest absolute Gasteiger partial charge is 0.332 e. The lowest BCUT2D eigenvalue weighted by atomic mass is 10.0. The van der Waals surface area contributed by atoms with Gasteiger partial charge in [0.2, 0.25) is 5.91 Å². The maximum Gasteiger partial charge on any atom is 0.332 e. The van der Waals surface area contributed by atoms with Crippen LogP contribution < -0.4 is 5.32 Å². The highest BCUT2D eigenvalue weighted by Gasteiger charge is 2.28. The fourth-order valence-corrected chi connectivity index (χ4v) is 7.46. The summed E-state index contributed by atoms with van der Waals surface area (Å²) in [6.45, 7) is 8.63. The molecule has 1 fully saturated rings. The standard InChI is InChI=1S/C37H73N2O6P.C7H8O3S/c1-7-9-11-13-14-15-16-17-18-19-20-22-23-27-35(45-37-29-25-26-31-42-37)34(38-36(40)28-24-21-12-10-8-2)33-44-46(41-6)43-32-30-39(3,4)5;1-6-2-4-7(5-3-6)11(8,9)10/h23,27,34-35,37H,7-22,24-26,28-33H2,1-6H3;2-5H,1H3,(H,8,9,10)/b27-23+;/t34-,35+,37?,46?;/m0./s1. The fourth-order valence-electron chi connectivity index (χ4n) is 6.19. The molecule has 0 saturated carbocycles. The van der Waals surface area contributed by atoms with Crippen molar-refractivity contribution in [3.8, 4) is 0 Å². The second-order valence-corrected chi connectivity index (χ2v) is 19.0. The van der Waals surface area contributed by atoms with Gasteiger partial charge in [0, 0.05) is 20.1 Å². The number of nitrogens with one attached hydrogen (secondary N) is 1. The van der Waals surface area contributed by atoms with E-state index >= 15 is 0 Å². The Morgan fingerprint density at radius 3 is 2.00 bits per heavy atom. The number of quaternary nitrogens is 1. The topological polar surface area (TPSA) is 132 Å². The quantitative estimate of drug-likeness (QED) is 0.0247. The van der Waals surface area contributed by atoms with Gasteiger partial charge in [-0.15, -0.1) is 0 Å². The predicted octanol–water partition coefficient (Wildman–Crippen LogP) is 10.5. The Morgan fingerprint density at radius 1 is 0.895 bits per heavy atom. The van der Waals surface area contributed by atoms with Crippen LogP contribution in [0.25, 0.3) is 0 Å². The van der Waals surface area contributed by atoms with Crippen molar-refractivity contribution in [1.29, 1.82) is 0 Å². The number of amides is 1. The van der Waals surface area contributed by atoms with Gasteiger partial charge in [-0.25, -0.2) is 8.42 Å². The van der Waals surface area contributed by atoms with Crippen molar-refractivity contribution >= 4 is 24.6 Å². The number of rotatable bonds is 32. The Kier molecular flexibility index (Phi) is 31.3. The Hall–Kier alpha value is -1.47. The van der Waals surface area contributed by atoms with E-state index in [1.54, 1.807) is 19.2 Å². The number of carbonyl (C=O) groups excluding carboxylic acids is 1. The van der Waals surface area contributed by atoms with E-state index in [2.05, 4.69) is 52.5 Å². The van der Waals surface area contributed by atoms with Crippen LogP contribution in [0.1, 0.15) is 154 Å². The summed E-state index contributed by atoms with van der Waals surface area (Å²) in [5.74, 6) is 0.0368. The summed E-state index contributed by atoms with van der Waals surface area (Å²) in [4.78, 5) is 13.0. The highest BCUT2D eigenvalue weighted by atomic mass is 32.2. The molecule has 0 aromatic heterocycles. The molecule has 57 heavy (non-hydrogen) atoms. The fraction of sp³-hybridized carbons (Fsp3) is 0.795. The number of allylic oxidation sites excluding steroid dienone is 1. The minimum atomic E-state index is -4.27. The molecule has 11 nitrogen and oxygen atoms in total. The maximum absolute atomic E-state index is 13.1. The van der Waals surface area contributed by atoms with E-state index in [-0.39, 0.29) is 35.8 Å². The van der Waals surface area contributed by atoms with Gasteiger partial charge in [-0.05, 0) is 57.6 Å². The van der Waals surface area contributed by atoms with E-state index in [9.17, 15) is 17.8 Å². The van der Waals surface area contributed by atoms with Gasteiger partial charge in [-0.1, -0.05) is 134 Å². The molecule has 1 saturated heterocycles. The van der Waals surface area contributed by atoms with Crippen LogP contribution in [-0.2, 0) is 38.0 Å². The molecule has 1 aromatic rings. The average Bonchev–Trinajstić information content (AvgIpc) is 3.17. The first-order chi connectivity index (χ1) is 27.3. The summed E-state index contributed by atoms with van der Waals surface area (Å²) in [6, 6.07) is 5.41. The maximum atomic E-state index is 13.1. The largest absolute Gasteiger partial charge is 0.744 e. The number of unbranched alkanes of at least 4 members (excludes halogenated alkanes) is 15. The van der Waals surface area contributed by atoms with Gasteiger partial charge in [0.05, 0.1) is 38.7 Å². The summed E-state index contributed by atoms with van der Waals surface area (Å²) in [5.41, 5.74) is 0.928. The van der Waals surface area contributed by atoms with Gasteiger partial charge in [0.1, 0.15) is 29.4 Å². The third-order valence-corrected chi connectivity index (χ3v) is 11.7. The third-order valence-electron chi connectivity index (χ3n) is 9.77. The zero-order valence-electron chi connectivity index (χ0n) is 36.9. The minimum Gasteiger partial charge on any atom is -0.744 e. The lowest BCUT2D eigenvalue weighted by Gasteiger charge is -2.32. The first kappa shape index (κ1) is 53.5. The van der Waals surface area contributed by atoms with Gasteiger partial charge >= 0.3 is 8.60 Å². The van der Waals surface area contributed by atoms with Crippen molar-refractivity contribution in [2.75, 3.05) is 54.6 Å². The molecule has 13 heteroatoms. The van der Waals surface area contributed by atoms with E-state index in [0.29, 0.717) is 19.6 Å². The Morgan fingerprint density at radius 2 is 1.47 bits per heavy atom. The summed E-state index contributed by atoms with van der Waals surface area (Å²) in [7, 11) is 2.20. The first-order valence-electron chi connectivity index (χ1n) is 21.9. The van der Waals surface area contributed by atoms with E-state index in [4.69, 9.17) is 23.0 Å². The molecule has 1 aromatic carbocycles. The third kappa shape index (κ3) is 30.2. The van der Waals surface area contributed by atoms with E-state index < -0.39 is 18.7 Å². The summed E-state index contributed by atoms with van der Waals surface area (Å²) >= 11 is 0. The zero-order chi connectivity index (χ0) is 42.2. The molecule has 0 aliphatic carbocycles. The molecule has 0 spiro atoms. The number of carbonyl (C=O) groups is 1. The summed E-state index contributed by atoms with van der Waals surface area (Å²) in [6.07, 6.45) is 28.5. The first-order valence-corrected chi connectivity index (χ1v) is 24.5. The highest BCUT2D eigenvalue weighted by molar-refractivity contribution is 7.85. The number of hydrogen-bond acceptors (Lipinski definition) is 9. The van der Waals surface area contributed by atoms with Crippen LogP contribution in [0.2, 0.25) is 0 Å². The second kappa shape index (κ2) is 33.3. The Labute approximate surface area is 349 Å². The Bertz CT molecular complexity index is 1260. The monoisotopic (exact) mass is 845 g/mol. The molecule has 0 radical (unpaired) electrons. The number of ether oxygens (including phenoxy) is 2. The zero-order valence-corrected chi connectivity index (χ0v) is 38.6. The SMILES string of the molecule is CCCCCCCCCCCCC/C=C/[C@@H](OC1CCCCO1)[C@H](COP(OC)OCC[N+](C)(C)C)NC(=O)CCCCCCC.Cc1ccc(S(=O)(=O)[O-])cc1. The van der Waals surface area contributed by atoms with E-state index in [1.807, 2.05) is 6.92 Å². The Balaban J connectivity index is 0.00000126. The predicted molar refractivity (Wildman–Crippen MR) is 232 cm³/mol. The van der Waals surface area contributed by atoms with Crippen LogP contribution in [0, 0.1) is 6.92 Å². The molecule has 2 unspecified atom stereocenters. The van der Waals surface area contributed by atoms with Crippen molar-refractivity contribution in [3.05, 3.63) is 42.0 Å². The molecule has 1 heterocycles. The normalized spacial score (nSPS) is 16.5. The van der Waals surface area contributed by atoms with Gasteiger partial charge in [-0.2, -0.15) is 0 Å². The lowest BCUT2D eigenvalue weighted by molar-refractivity contribution is -0.870. The van der Waals surface area contributed by atoms with Crippen LogP contribution in [0.5, 0.6) is 0 Å². The molecule has 2 rings (SSSR count). The van der Waals surface area contributed by atoms with Gasteiger partial charge < -0.3 is 37.4 Å². The van der Waals surface area contributed by atoms with Crippen molar-refractivity contribution in [2.24, 2.45) is 0 Å². The van der Waals surface area contributed by atoms with Crippen LogP contribution in [0.15, 0.2) is 41.3 Å². The number of benzene rings is 1. The highest BCUT2D eigenvalue weighted by Crippen LogP contribution is 2.38. The second-order valence-electron chi connectivity index (χ2n) is 16.3. The lowest BCUT2D eigenvalue weighted by Crippen LogP contribution is -2.48. The molecule has 1 N–H and O–H groups in total. The molecule has 1 aliphatic rings. The number of nitrogens with zero attached hydrogens (tertiary/aromatic N) is 1. The molecular formula is C44H81N2O9PS. The number of aryl methyl sites for hydroxylation is 1. The van der Waals surface area contributed by atoms with Crippen LogP contribution >= 0.6 is 8.60 Å². The summed E-state index contributed by atoms with van der Waals surface area (Å²) in [5, 5.41) is 3.25. The molecule has 1 aliphatic heterocycles. The van der Waals surface area contributed by atoms with Crippen LogP contribution in [-0.4, -0.2) is 96.4 Å². The molecule has 332 valence electrons. The molecule has 0 bridgehead atoms. The molecular weight excluding hydrogens is 764 g/mol. The average molecular weight is 845 g/mol. The van der Waals surface area contributed by atoms with Crippen molar-refractivity contribution in [1.82, 2.24) is 5.32 Å². The molecule has 4 atom stereocenters. The summed E-state index contributed by atoms with van der Waals surface area (Å²) < 4.78 is 62.1. The number of hydrogen-bond donors (Lipinski definition) is 1. The van der Waals surface area contributed by atoms with Gasteiger partial charge in [-0.3, -0.25) is 4.79 Å². The van der Waals surface area contributed by atoms with Crippen LogP contribution in [0.4, 0.5) is 0 Å². The minimum absolute atomic E-state index is 0.0368. The van der Waals surface area contributed by atoms with Crippen LogP contribution in [0.3, 0.4) is 0 Å². The van der Waals surface area contributed by atoms with E-state index in [0.717, 1.165) is 55.1 Å². The molecule has 1 amide bonds. The van der Waals surface area contributed by atoms with Crippen molar-refractivity contribution < 1.29 is 45.3 Å². The van der Waals surface area contributed by atoms with Crippen molar-refractivity contribution in [2.45, 2.75) is 179 Å². The number of likely N-dealkylation sites (N-methyl/N-ethyl adjacent to an activating group) is 1. The van der Waals surface area contributed by atoms with Gasteiger partial charge in [0.25, 0.3) is 0 Å². The van der Waals surface area contributed by atoms with E-state index in [1.165, 1.54) is 102 Å². The van der Waals surface area contributed by atoms with Crippen molar-refractivity contribution in [3.63, 3.8) is 0 Å². The van der Waals surface area contributed by atoms with Gasteiger partial charge in [0.15, 0.2) is 6.29 Å².